The second kappa shape index (κ2) is 6.04. The van der Waals surface area contributed by atoms with Crippen LogP contribution in [0.25, 0.3) is 0 Å². The largest absolute Gasteiger partial charge is 0.313 e. The third kappa shape index (κ3) is 2.89. The summed E-state index contributed by atoms with van der Waals surface area (Å²) < 4.78 is 1.89. The van der Waals surface area contributed by atoms with Gasteiger partial charge in [0.1, 0.15) is 0 Å². The van der Waals surface area contributed by atoms with Gasteiger partial charge >= 0.3 is 0 Å². The van der Waals surface area contributed by atoms with Crippen molar-refractivity contribution >= 4 is 11.6 Å². The molecule has 0 bridgehead atoms. The lowest BCUT2D eigenvalue weighted by Gasteiger charge is -2.27. The predicted molar refractivity (Wildman–Crippen MR) is 86.0 cm³/mol. The fourth-order valence-electron chi connectivity index (χ4n) is 3.15. The smallest absolute Gasteiger partial charge is 0.251 e. The van der Waals surface area contributed by atoms with Crippen LogP contribution in [0.4, 0.5) is 0 Å². The van der Waals surface area contributed by atoms with Crippen LogP contribution in [0.3, 0.4) is 0 Å². The van der Waals surface area contributed by atoms with Crippen LogP contribution in [-0.2, 0) is 13.0 Å². The number of pyridine rings is 1. The molecule has 1 heterocycles. The van der Waals surface area contributed by atoms with Gasteiger partial charge in [0.2, 0.25) is 0 Å². The van der Waals surface area contributed by atoms with Gasteiger partial charge in [-0.25, -0.2) is 0 Å². The van der Waals surface area contributed by atoms with E-state index >= 15 is 0 Å². The summed E-state index contributed by atoms with van der Waals surface area (Å²) in [6, 6.07) is 11.7. The average molecular weight is 303 g/mol. The van der Waals surface area contributed by atoms with Crippen molar-refractivity contribution in [3.8, 4) is 0 Å². The van der Waals surface area contributed by atoms with E-state index in [9.17, 15) is 4.79 Å². The zero-order chi connectivity index (χ0) is 14.8. The number of nitrogens with zero attached hydrogens (tertiary/aromatic N) is 1. The SMILES string of the molecule is CNC1CCCc2c1ccc(=O)n2Cc1cccc(Cl)c1. The normalized spacial score (nSPS) is 17.5. The standard InChI is InChI=1S/C17H19ClN2O/c1-19-15-6-3-7-16-14(15)8-9-17(21)20(16)11-12-4-2-5-13(18)10-12/h2,4-5,8-10,15,19H,3,6-7,11H2,1H3. The van der Waals surface area contributed by atoms with Crippen LogP contribution in [0, 0.1) is 0 Å². The van der Waals surface area contributed by atoms with Gasteiger partial charge in [0.15, 0.2) is 0 Å². The van der Waals surface area contributed by atoms with Crippen LogP contribution < -0.4 is 10.9 Å². The number of fused-ring (bicyclic) bond motifs is 1. The summed E-state index contributed by atoms with van der Waals surface area (Å²) in [4.78, 5) is 12.3. The molecule has 1 N–H and O–H groups in total. The van der Waals surface area contributed by atoms with Gasteiger partial charge in [0.05, 0.1) is 6.54 Å². The molecule has 1 aliphatic rings. The molecule has 0 fully saturated rings. The summed E-state index contributed by atoms with van der Waals surface area (Å²) >= 11 is 6.04. The minimum atomic E-state index is 0.0606. The van der Waals surface area contributed by atoms with Crippen molar-refractivity contribution in [2.45, 2.75) is 31.8 Å². The number of hydrogen-bond acceptors (Lipinski definition) is 2. The Labute approximate surface area is 129 Å². The van der Waals surface area contributed by atoms with Crippen molar-refractivity contribution in [1.29, 1.82) is 0 Å². The number of aromatic nitrogens is 1. The molecule has 1 aliphatic carbocycles. The quantitative estimate of drug-likeness (QED) is 0.945. The van der Waals surface area contributed by atoms with Crippen molar-refractivity contribution in [2.75, 3.05) is 7.05 Å². The Kier molecular flexibility index (Phi) is 4.13. The highest BCUT2D eigenvalue weighted by molar-refractivity contribution is 6.30. The molecule has 2 aromatic rings. The van der Waals surface area contributed by atoms with E-state index in [-0.39, 0.29) is 5.56 Å². The topological polar surface area (TPSA) is 34.0 Å². The fourth-order valence-corrected chi connectivity index (χ4v) is 3.37. The maximum absolute atomic E-state index is 12.3. The number of nitrogens with one attached hydrogen (secondary N) is 1. The Morgan fingerprint density at radius 1 is 1.33 bits per heavy atom. The summed E-state index contributed by atoms with van der Waals surface area (Å²) in [6.45, 7) is 0.582. The molecule has 0 radical (unpaired) electrons. The lowest BCUT2D eigenvalue weighted by atomic mass is 9.91. The number of rotatable bonds is 3. The summed E-state index contributed by atoms with van der Waals surface area (Å²) in [5, 5.41) is 4.05. The molecule has 3 nitrogen and oxygen atoms in total. The van der Waals surface area contributed by atoms with Crippen LogP contribution in [0.5, 0.6) is 0 Å². The molecule has 1 atom stereocenters. The van der Waals surface area contributed by atoms with Gasteiger partial charge in [-0.05, 0) is 49.6 Å². The Hall–Kier alpha value is -1.58. The molecule has 4 heteroatoms. The molecule has 1 unspecified atom stereocenters. The molecular weight excluding hydrogens is 284 g/mol. The van der Waals surface area contributed by atoms with Gasteiger partial charge in [-0.2, -0.15) is 0 Å². The predicted octanol–water partition coefficient (Wildman–Crippen LogP) is 3.15. The van der Waals surface area contributed by atoms with E-state index < -0.39 is 0 Å². The lowest BCUT2D eigenvalue weighted by Crippen LogP contribution is -2.30. The molecule has 1 aromatic carbocycles. The van der Waals surface area contributed by atoms with Gasteiger partial charge in [-0.15, -0.1) is 0 Å². The van der Waals surface area contributed by atoms with Crippen molar-refractivity contribution in [1.82, 2.24) is 9.88 Å². The van der Waals surface area contributed by atoms with Crippen LogP contribution in [0.2, 0.25) is 5.02 Å². The van der Waals surface area contributed by atoms with E-state index in [1.165, 1.54) is 5.56 Å². The molecule has 21 heavy (non-hydrogen) atoms. The van der Waals surface area contributed by atoms with E-state index in [0.29, 0.717) is 17.6 Å². The second-order valence-electron chi connectivity index (χ2n) is 5.52. The number of halogens is 1. The zero-order valence-corrected chi connectivity index (χ0v) is 12.9. The molecule has 1 aromatic heterocycles. The van der Waals surface area contributed by atoms with Gasteiger partial charge in [0.25, 0.3) is 5.56 Å². The van der Waals surface area contributed by atoms with Crippen molar-refractivity contribution in [3.05, 3.63) is 68.6 Å². The maximum Gasteiger partial charge on any atom is 0.251 e. The molecule has 0 amide bonds. The molecule has 3 rings (SSSR count). The summed E-state index contributed by atoms with van der Waals surface area (Å²) in [5.74, 6) is 0. The minimum absolute atomic E-state index is 0.0606. The Morgan fingerprint density at radius 2 is 2.19 bits per heavy atom. The van der Waals surface area contributed by atoms with E-state index in [0.717, 1.165) is 30.5 Å². The van der Waals surface area contributed by atoms with Crippen LogP contribution in [0.1, 0.15) is 35.7 Å². The van der Waals surface area contributed by atoms with E-state index in [1.807, 2.05) is 41.9 Å². The van der Waals surface area contributed by atoms with Crippen LogP contribution in [-0.4, -0.2) is 11.6 Å². The number of hydrogen-bond donors (Lipinski definition) is 1. The van der Waals surface area contributed by atoms with Gasteiger partial charge < -0.3 is 9.88 Å². The summed E-state index contributed by atoms with van der Waals surface area (Å²) in [7, 11) is 1.98. The van der Waals surface area contributed by atoms with Crippen molar-refractivity contribution in [2.24, 2.45) is 0 Å². The Bertz CT molecular complexity index is 708. The molecule has 110 valence electrons. The average Bonchev–Trinajstić information content (AvgIpc) is 2.49. The molecule has 0 saturated heterocycles. The Morgan fingerprint density at radius 3 is 2.95 bits per heavy atom. The first-order valence-electron chi connectivity index (χ1n) is 7.33. The number of benzene rings is 1. The monoisotopic (exact) mass is 302 g/mol. The Balaban J connectivity index is 2.04. The third-order valence-corrected chi connectivity index (χ3v) is 4.43. The van der Waals surface area contributed by atoms with Crippen LogP contribution in [0.15, 0.2) is 41.2 Å². The first-order valence-corrected chi connectivity index (χ1v) is 7.71. The third-order valence-electron chi connectivity index (χ3n) is 4.19. The summed E-state index contributed by atoms with van der Waals surface area (Å²) in [5.41, 5.74) is 3.54. The van der Waals surface area contributed by atoms with E-state index in [1.54, 1.807) is 6.07 Å². The van der Waals surface area contributed by atoms with Gasteiger partial charge in [0, 0.05) is 22.8 Å². The van der Waals surface area contributed by atoms with Crippen molar-refractivity contribution in [3.63, 3.8) is 0 Å². The first kappa shape index (κ1) is 14.4. The van der Waals surface area contributed by atoms with Gasteiger partial charge in [-0.3, -0.25) is 4.79 Å². The van der Waals surface area contributed by atoms with Crippen LogP contribution >= 0.6 is 11.6 Å². The maximum atomic E-state index is 12.3. The zero-order valence-electron chi connectivity index (χ0n) is 12.1. The molecule has 0 spiro atoms. The highest BCUT2D eigenvalue weighted by Gasteiger charge is 2.21. The van der Waals surface area contributed by atoms with Gasteiger partial charge in [-0.1, -0.05) is 29.8 Å². The second-order valence-corrected chi connectivity index (χ2v) is 5.96. The minimum Gasteiger partial charge on any atom is -0.313 e. The fraction of sp³-hybridized carbons (Fsp3) is 0.353. The van der Waals surface area contributed by atoms with Crippen molar-refractivity contribution < 1.29 is 0 Å². The highest BCUT2D eigenvalue weighted by Crippen LogP contribution is 2.28. The molecule has 0 saturated carbocycles. The molecule has 0 aliphatic heterocycles. The lowest BCUT2D eigenvalue weighted by molar-refractivity contribution is 0.473. The highest BCUT2D eigenvalue weighted by atomic mass is 35.5. The summed E-state index contributed by atoms with van der Waals surface area (Å²) in [6.07, 6.45) is 3.19. The van der Waals surface area contributed by atoms with E-state index in [2.05, 4.69) is 5.32 Å². The van der Waals surface area contributed by atoms with E-state index in [4.69, 9.17) is 11.6 Å². The first-order chi connectivity index (χ1) is 10.2. The molecular formula is C17H19ClN2O.